The van der Waals surface area contributed by atoms with Crippen LogP contribution in [0.25, 0.3) is 10.9 Å². The summed E-state index contributed by atoms with van der Waals surface area (Å²) in [5.41, 5.74) is 0.976. The molecule has 10 heteroatoms. The number of amides is 1. The molecule has 0 radical (unpaired) electrons. The third-order valence-corrected chi connectivity index (χ3v) is 5.97. The van der Waals surface area contributed by atoms with E-state index in [1.165, 1.54) is 42.3 Å². The molecule has 0 spiro atoms. The predicted molar refractivity (Wildman–Crippen MR) is 149 cm³/mol. The number of rotatable bonds is 7. The first kappa shape index (κ1) is 27.0. The van der Waals surface area contributed by atoms with Crippen molar-refractivity contribution >= 4 is 44.6 Å². The number of nitrogens with zero attached hydrogens (tertiary/aromatic N) is 3. The second-order valence-electron chi connectivity index (χ2n) is 9.46. The summed E-state index contributed by atoms with van der Waals surface area (Å²) in [6.07, 6.45) is 1.54. The van der Waals surface area contributed by atoms with Crippen LogP contribution in [0.3, 0.4) is 0 Å². The Morgan fingerprint density at radius 1 is 1.11 bits per heavy atom. The van der Waals surface area contributed by atoms with Crippen molar-refractivity contribution in [1.29, 1.82) is 0 Å². The molecule has 8 nitrogen and oxygen atoms in total. The van der Waals surface area contributed by atoms with Crippen molar-refractivity contribution in [1.82, 2.24) is 9.66 Å². The second kappa shape index (κ2) is 11.1. The number of carbonyl (C=O) groups is 1. The highest BCUT2D eigenvalue weighted by Gasteiger charge is 2.23. The van der Waals surface area contributed by atoms with Gasteiger partial charge in [-0.25, -0.2) is 9.37 Å². The first-order valence-electron chi connectivity index (χ1n) is 11.7. The minimum Gasteiger partial charge on any atom is -0.493 e. The molecule has 196 valence electrons. The van der Waals surface area contributed by atoms with Crippen LogP contribution in [0, 0.1) is 5.82 Å². The lowest BCUT2D eigenvalue weighted by molar-refractivity contribution is -0.118. The first-order chi connectivity index (χ1) is 18.0. The van der Waals surface area contributed by atoms with Crippen LogP contribution < -0.4 is 20.3 Å². The van der Waals surface area contributed by atoms with Gasteiger partial charge in [0.1, 0.15) is 11.6 Å². The molecule has 4 rings (SSSR count). The molecule has 38 heavy (non-hydrogen) atoms. The van der Waals surface area contributed by atoms with Gasteiger partial charge in [0.05, 0.1) is 24.2 Å². The fourth-order valence-corrected chi connectivity index (χ4v) is 3.98. The molecule has 0 saturated carbocycles. The minimum atomic E-state index is -0.443. The summed E-state index contributed by atoms with van der Waals surface area (Å²) in [6, 6.07) is 15.9. The summed E-state index contributed by atoms with van der Waals surface area (Å²) in [7, 11) is 1.48. The Balaban J connectivity index is 1.56. The van der Waals surface area contributed by atoms with Crippen molar-refractivity contribution in [3.05, 3.63) is 92.7 Å². The smallest absolute Gasteiger partial charge is 0.282 e. The fourth-order valence-electron chi connectivity index (χ4n) is 3.62. The molecular weight excluding hydrogens is 555 g/mol. The lowest BCUT2D eigenvalue weighted by Gasteiger charge is -2.20. The number of benzene rings is 3. The highest BCUT2D eigenvalue weighted by molar-refractivity contribution is 9.10. The van der Waals surface area contributed by atoms with Crippen LogP contribution in [0.15, 0.2) is 75.0 Å². The minimum absolute atomic E-state index is 0.274. The van der Waals surface area contributed by atoms with Crippen molar-refractivity contribution in [3.8, 4) is 11.5 Å². The average molecular weight is 581 g/mol. The Morgan fingerprint density at radius 3 is 2.53 bits per heavy atom. The van der Waals surface area contributed by atoms with Crippen LogP contribution in [0.2, 0.25) is 0 Å². The topological polar surface area (TPSA) is 94.8 Å². The second-order valence-corrected chi connectivity index (χ2v) is 10.4. The largest absolute Gasteiger partial charge is 0.493 e. The van der Waals surface area contributed by atoms with E-state index in [9.17, 15) is 14.0 Å². The lowest BCUT2D eigenvalue weighted by Crippen LogP contribution is -2.29. The number of hydrogen-bond acceptors (Lipinski definition) is 6. The maximum atomic E-state index is 13.3. The Morgan fingerprint density at radius 2 is 1.84 bits per heavy atom. The molecule has 3 aromatic carbocycles. The van der Waals surface area contributed by atoms with E-state index in [1.807, 2.05) is 26.8 Å². The van der Waals surface area contributed by atoms with Crippen LogP contribution in [0.5, 0.6) is 11.5 Å². The molecule has 0 bridgehead atoms. The first-order valence-corrected chi connectivity index (χ1v) is 12.5. The van der Waals surface area contributed by atoms with Crippen molar-refractivity contribution in [2.24, 2.45) is 5.10 Å². The van der Waals surface area contributed by atoms with Crippen LogP contribution in [-0.2, 0) is 10.2 Å². The van der Waals surface area contributed by atoms with Gasteiger partial charge in [-0.15, -0.1) is 0 Å². The molecule has 1 heterocycles. The van der Waals surface area contributed by atoms with E-state index in [4.69, 9.17) is 14.5 Å². The number of fused-ring (bicyclic) bond motifs is 1. The Kier molecular flexibility index (Phi) is 7.91. The highest BCUT2D eigenvalue weighted by atomic mass is 79.9. The van der Waals surface area contributed by atoms with E-state index >= 15 is 0 Å². The van der Waals surface area contributed by atoms with Gasteiger partial charge in [-0.1, -0.05) is 36.7 Å². The van der Waals surface area contributed by atoms with Gasteiger partial charge in [-0.2, -0.15) is 9.78 Å². The molecule has 0 atom stereocenters. The summed E-state index contributed by atoms with van der Waals surface area (Å²) < 4.78 is 26.2. The van der Waals surface area contributed by atoms with E-state index in [-0.39, 0.29) is 12.2 Å². The number of ether oxygens (including phenoxy) is 2. The maximum absolute atomic E-state index is 13.3. The maximum Gasteiger partial charge on any atom is 0.282 e. The van der Waals surface area contributed by atoms with Crippen LogP contribution in [0.1, 0.15) is 32.2 Å². The van der Waals surface area contributed by atoms with Gasteiger partial charge >= 0.3 is 0 Å². The van der Waals surface area contributed by atoms with Crippen molar-refractivity contribution in [3.63, 3.8) is 0 Å². The third kappa shape index (κ3) is 6.25. The quantitative estimate of drug-likeness (QED) is 0.291. The summed E-state index contributed by atoms with van der Waals surface area (Å²) in [4.78, 5) is 30.3. The van der Waals surface area contributed by atoms with E-state index in [0.717, 1.165) is 4.47 Å². The van der Waals surface area contributed by atoms with Gasteiger partial charge < -0.3 is 14.8 Å². The molecular formula is C28H26BrFN4O4. The lowest BCUT2D eigenvalue weighted by atomic mass is 9.95. The summed E-state index contributed by atoms with van der Waals surface area (Å²) in [5, 5.41) is 7.55. The normalized spacial score (nSPS) is 11.6. The Labute approximate surface area is 227 Å². The van der Waals surface area contributed by atoms with Gasteiger partial charge in [-0.3, -0.25) is 9.59 Å². The zero-order valence-electron chi connectivity index (χ0n) is 21.3. The zero-order valence-corrected chi connectivity index (χ0v) is 22.9. The molecule has 1 aromatic heterocycles. The number of aromatic nitrogens is 2. The van der Waals surface area contributed by atoms with Gasteiger partial charge in [0.25, 0.3) is 11.5 Å². The van der Waals surface area contributed by atoms with Crippen LogP contribution in [-0.4, -0.2) is 35.5 Å². The van der Waals surface area contributed by atoms with Crippen LogP contribution in [0.4, 0.5) is 10.1 Å². The third-order valence-electron chi connectivity index (χ3n) is 5.48. The number of methoxy groups -OCH3 is 1. The molecule has 1 N–H and O–H groups in total. The van der Waals surface area contributed by atoms with Crippen molar-refractivity contribution < 1.29 is 18.7 Å². The number of nitrogens with one attached hydrogen (secondary N) is 1. The molecule has 0 aliphatic heterocycles. The molecule has 0 unspecified atom stereocenters. The van der Waals surface area contributed by atoms with Crippen molar-refractivity contribution in [2.45, 2.75) is 26.2 Å². The molecule has 0 saturated heterocycles. The van der Waals surface area contributed by atoms with Gasteiger partial charge in [0, 0.05) is 15.6 Å². The summed E-state index contributed by atoms with van der Waals surface area (Å²) in [6.45, 7) is 5.62. The zero-order chi connectivity index (χ0) is 27.4. The Hall–Kier alpha value is -4.05. The van der Waals surface area contributed by atoms with E-state index in [2.05, 4.69) is 26.3 Å². The fraction of sp³-hybridized carbons (Fsp3) is 0.214. The van der Waals surface area contributed by atoms with Gasteiger partial charge in [-0.05, 0) is 66.2 Å². The standard InChI is InChI=1S/C28H26BrFN4O4/c1-28(2,3)27-33-22-11-6-18(29)14-21(22)26(36)34(27)31-15-17-5-12-23(24(13-17)37-4)38-16-25(35)32-20-9-7-19(30)8-10-20/h5-15H,16H2,1-4H3,(H,32,35). The number of hydrogen-bond donors (Lipinski definition) is 1. The average Bonchev–Trinajstić information content (AvgIpc) is 2.88. The van der Waals surface area contributed by atoms with Crippen molar-refractivity contribution in [2.75, 3.05) is 19.0 Å². The highest BCUT2D eigenvalue weighted by Crippen LogP contribution is 2.28. The number of anilines is 1. The molecule has 0 fully saturated rings. The number of carbonyl (C=O) groups excluding carboxylic acids is 1. The molecule has 0 aliphatic carbocycles. The monoisotopic (exact) mass is 580 g/mol. The molecule has 4 aromatic rings. The van der Waals surface area contributed by atoms with E-state index in [0.29, 0.717) is 39.5 Å². The van der Waals surface area contributed by atoms with E-state index < -0.39 is 17.1 Å². The Bertz CT molecular complexity index is 1580. The van der Waals surface area contributed by atoms with Gasteiger partial charge in [0.2, 0.25) is 0 Å². The summed E-state index contributed by atoms with van der Waals surface area (Å²) in [5.74, 6) is 0.453. The van der Waals surface area contributed by atoms with E-state index in [1.54, 1.807) is 30.3 Å². The SMILES string of the molecule is COc1cc(C=Nn2c(C(C)(C)C)nc3ccc(Br)cc3c2=O)ccc1OCC(=O)Nc1ccc(F)cc1. The molecule has 1 amide bonds. The summed E-state index contributed by atoms with van der Waals surface area (Å²) >= 11 is 3.41. The predicted octanol–water partition coefficient (Wildman–Crippen LogP) is 5.50. The molecule has 0 aliphatic rings. The number of halogens is 2. The van der Waals surface area contributed by atoms with Gasteiger partial charge in [0.15, 0.2) is 18.1 Å². The van der Waals surface area contributed by atoms with Crippen LogP contribution >= 0.6 is 15.9 Å².